The van der Waals surface area contributed by atoms with Gasteiger partial charge in [0.05, 0.1) is 22.4 Å². The lowest BCUT2D eigenvalue weighted by molar-refractivity contribution is 1.19. The van der Waals surface area contributed by atoms with E-state index in [1.807, 2.05) is 6.07 Å². The average molecular weight is 732 g/mol. The van der Waals surface area contributed by atoms with Crippen molar-refractivity contribution in [2.45, 2.75) is 0 Å². The van der Waals surface area contributed by atoms with Crippen molar-refractivity contribution in [2.75, 3.05) is 0 Å². The van der Waals surface area contributed by atoms with Gasteiger partial charge in [0, 0.05) is 39.4 Å². The van der Waals surface area contributed by atoms with Gasteiger partial charge in [0.25, 0.3) is 0 Å². The van der Waals surface area contributed by atoms with Crippen molar-refractivity contribution >= 4 is 45.2 Å². The largest absolute Gasteiger partial charge is 0.316 e. The molecule has 0 saturated carbocycles. The summed E-state index contributed by atoms with van der Waals surface area (Å²) < 4.78 is 2.29. The molecule has 0 saturated heterocycles. The van der Waals surface area contributed by atoms with Gasteiger partial charge in [-0.3, -0.25) is 0 Å². The molecule has 3 heterocycles. The molecule has 4 heteroatoms. The van der Waals surface area contributed by atoms with Crippen LogP contribution in [0.2, 0.25) is 0 Å². The van der Waals surface area contributed by atoms with Crippen molar-refractivity contribution in [3.8, 4) is 45.0 Å². The van der Waals surface area contributed by atoms with Crippen LogP contribution in [0, 0.1) is 0 Å². The van der Waals surface area contributed by atoms with Gasteiger partial charge in [-0.2, -0.15) is 0 Å². The smallest absolute Gasteiger partial charge is 0.179 e. The van der Waals surface area contributed by atoms with Crippen LogP contribution in [-0.2, 0) is 0 Å². The van der Waals surface area contributed by atoms with E-state index in [1.165, 1.54) is 20.7 Å². The Hall–Kier alpha value is -7.14. The van der Waals surface area contributed by atoms with Crippen LogP contribution in [0.4, 0.5) is 0 Å². The van der Waals surface area contributed by atoms with Crippen molar-refractivity contribution in [3.05, 3.63) is 225 Å². The molecule has 0 atom stereocenters. The number of aromatic nitrogens is 3. The summed E-state index contributed by atoms with van der Waals surface area (Å²) in [4.78, 5) is 11.1. The van der Waals surface area contributed by atoms with Gasteiger partial charge in [0.15, 0.2) is 13.9 Å². The molecule has 0 radical (unpaired) electrons. The number of para-hydroxylation sites is 1. The van der Waals surface area contributed by atoms with E-state index in [0.717, 1.165) is 55.6 Å². The van der Waals surface area contributed by atoms with E-state index in [4.69, 9.17) is 9.97 Å². The number of hydrogen-bond acceptors (Lipinski definition) is 2. The lowest BCUT2D eigenvalue weighted by Crippen LogP contribution is -2.74. The van der Waals surface area contributed by atoms with Gasteiger partial charge < -0.3 is 4.40 Å². The third-order valence-electron chi connectivity index (χ3n) is 11.0. The molecule has 10 rings (SSSR count). The fourth-order valence-electron chi connectivity index (χ4n) is 8.54. The highest BCUT2D eigenvalue weighted by Crippen LogP contribution is 2.45. The Bertz CT molecular complexity index is 2800. The molecule has 3 aromatic heterocycles. The maximum Gasteiger partial charge on any atom is 0.179 e. The second-order valence-electron chi connectivity index (χ2n) is 14.1. The van der Waals surface area contributed by atoms with E-state index in [-0.39, 0.29) is 0 Å². The van der Waals surface area contributed by atoms with Crippen molar-refractivity contribution in [2.24, 2.45) is 0 Å². The molecule has 7 aromatic carbocycles. The van der Waals surface area contributed by atoms with Crippen LogP contribution in [0.15, 0.2) is 225 Å². The van der Waals surface area contributed by atoms with Crippen molar-refractivity contribution < 1.29 is 0 Å². The number of hydrogen-bond donors (Lipinski definition) is 0. The molecule has 0 bridgehead atoms. The fourth-order valence-corrected chi connectivity index (χ4v) is 13.3. The molecule has 56 heavy (non-hydrogen) atoms. The van der Waals surface area contributed by atoms with E-state index in [0.29, 0.717) is 5.82 Å². The Morgan fingerprint density at radius 3 is 1.39 bits per heavy atom. The second-order valence-corrected chi connectivity index (χ2v) is 17.9. The van der Waals surface area contributed by atoms with Crippen molar-refractivity contribution in [3.63, 3.8) is 0 Å². The molecule has 0 fully saturated rings. The summed E-state index contributed by atoms with van der Waals surface area (Å²) in [6.07, 6.45) is 2.16. The number of benzene rings is 7. The molecule has 3 nitrogen and oxygen atoms in total. The van der Waals surface area contributed by atoms with Crippen molar-refractivity contribution in [1.82, 2.24) is 14.4 Å². The second kappa shape index (κ2) is 14.3. The Morgan fingerprint density at radius 2 is 0.786 bits per heavy atom. The lowest BCUT2D eigenvalue weighted by Gasteiger charge is -2.34. The first-order valence-electron chi connectivity index (χ1n) is 19.1. The minimum atomic E-state index is -2.84. The zero-order valence-electron chi connectivity index (χ0n) is 30.7. The first kappa shape index (κ1) is 33.4. The van der Waals surface area contributed by atoms with Gasteiger partial charge >= 0.3 is 0 Å². The molecule has 0 amide bonds. The van der Waals surface area contributed by atoms with E-state index in [2.05, 4.69) is 223 Å². The monoisotopic (exact) mass is 731 g/mol. The van der Waals surface area contributed by atoms with Crippen LogP contribution in [0.25, 0.3) is 61.4 Å². The van der Waals surface area contributed by atoms with E-state index in [1.54, 1.807) is 0 Å². The van der Waals surface area contributed by atoms with Gasteiger partial charge in [-0.15, -0.1) is 0 Å². The van der Waals surface area contributed by atoms with Gasteiger partial charge in [-0.1, -0.05) is 200 Å². The van der Waals surface area contributed by atoms with Gasteiger partial charge in [-0.05, 0) is 38.9 Å². The summed E-state index contributed by atoms with van der Waals surface area (Å²) in [5, 5.41) is 6.44. The fraction of sp³-hybridized carbons (Fsp3) is 0. The first-order valence-corrected chi connectivity index (χ1v) is 21.1. The molecule has 0 aliphatic heterocycles. The summed E-state index contributed by atoms with van der Waals surface area (Å²) in [5.41, 5.74) is 9.27. The quantitative estimate of drug-likeness (QED) is 0.115. The summed E-state index contributed by atoms with van der Waals surface area (Å²) in [7, 11) is -2.84. The highest BCUT2D eigenvalue weighted by Gasteiger charge is 2.41. The molecular formula is C52H37N3Si. The molecule has 264 valence electrons. The highest BCUT2D eigenvalue weighted by molar-refractivity contribution is 7.19. The zero-order chi connectivity index (χ0) is 37.3. The molecule has 0 N–H and O–H groups in total. The van der Waals surface area contributed by atoms with E-state index in [9.17, 15) is 0 Å². The van der Waals surface area contributed by atoms with Crippen LogP contribution in [0.5, 0.6) is 0 Å². The third-order valence-corrected chi connectivity index (χ3v) is 15.8. The molecule has 0 spiro atoms. The molecule has 0 aliphatic rings. The molecule has 0 aliphatic carbocycles. The van der Waals surface area contributed by atoms with Crippen LogP contribution >= 0.6 is 0 Å². The Morgan fingerprint density at radius 1 is 0.339 bits per heavy atom. The number of pyridine rings is 1. The van der Waals surface area contributed by atoms with Crippen molar-refractivity contribution in [1.29, 1.82) is 0 Å². The average Bonchev–Trinajstić information content (AvgIpc) is 3.62. The Kier molecular flexibility index (Phi) is 8.51. The SMILES string of the molecule is c1ccc(-c2nc(-c3ccccc3)c(-c3c4ccccc4n4ccccc34)c(-c3cccc([Si](c4ccccc4)(c4ccccc4)c4ccccc4)c3)n2)cc1. The predicted octanol–water partition coefficient (Wildman–Crippen LogP) is 9.93. The molecule has 10 aromatic rings. The highest BCUT2D eigenvalue weighted by atomic mass is 28.3. The maximum atomic E-state index is 5.61. The summed E-state index contributed by atoms with van der Waals surface area (Å²) >= 11 is 0. The normalized spacial score (nSPS) is 11.6. The third kappa shape index (κ3) is 5.58. The maximum absolute atomic E-state index is 5.61. The van der Waals surface area contributed by atoms with Crippen LogP contribution < -0.4 is 20.7 Å². The summed E-state index contributed by atoms with van der Waals surface area (Å²) in [6, 6.07) is 78.6. The van der Waals surface area contributed by atoms with E-state index < -0.39 is 8.07 Å². The topological polar surface area (TPSA) is 30.2 Å². The first-order chi connectivity index (χ1) is 27.8. The number of rotatable bonds is 8. The summed E-state index contributed by atoms with van der Waals surface area (Å²) in [6.45, 7) is 0. The predicted molar refractivity (Wildman–Crippen MR) is 236 cm³/mol. The van der Waals surface area contributed by atoms with Crippen LogP contribution in [0.1, 0.15) is 0 Å². The Balaban J connectivity index is 1.35. The van der Waals surface area contributed by atoms with Gasteiger partial charge in [0.1, 0.15) is 0 Å². The zero-order valence-corrected chi connectivity index (χ0v) is 31.7. The number of fused-ring (bicyclic) bond motifs is 3. The Labute approximate surface area is 327 Å². The minimum absolute atomic E-state index is 0.694. The summed E-state index contributed by atoms with van der Waals surface area (Å²) in [5.74, 6) is 0.694. The van der Waals surface area contributed by atoms with Crippen LogP contribution in [0.3, 0.4) is 0 Å². The number of nitrogens with zero attached hydrogens (tertiary/aromatic N) is 3. The minimum Gasteiger partial charge on any atom is -0.316 e. The van der Waals surface area contributed by atoms with Crippen LogP contribution in [-0.4, -0.2) is 22.4 Å². The van der Waals surface area contributed by atoms with Gasteiger partial charge in [-0.25, -0.2) is 9.97 Å². The van der Waals surface area contributed by atoms with E-state index >= 15 is 0 Å². The molecular weight excluding hydrogens is 695 g/mol. The van der Waals surface area contributed by atoms with Gasteiger partial charge in [0.2, 0.25) is 0 Å². The molecule has 0 unspecified atom stereocenters. The lowest BCUT2D eigenvalue weighted by atomic mass is 9.92. The standard InChI is InChI=1S/C52H37N3Si/c1-6-21-38(22-7-1)50-49(48-45-33-16-17-34-46(45)55-36-19-18-35-47(48)55)51(54-52(53-50)39-23-8-2-9-24-39)40-25-20-32-44(37-40)56(41-26-10-3-11-27-41,42-28-12-4-13-29-42)43-30-14-5-15-31-43/h1-37H.